The Balaban J connectivity index is 2.06. The third-order valence-corrected chi connectivity index (χ3v) is 6.34. The van der Waals surface area contributed by atoms with Gasteiger partial charge in [0.2, 0.25) is 11.8 Å². The molecule has 0 aliphatic heterocycles. The Labute approximate surface area is 195 Å². The summed E-state index contributed by atoms with van der Waals surface area (Å²) in [6.07, 6.45) is 0.938. The van der Waals surface area contributed by atoms with E-state index in [1.54, 1.807) is 16.7 Å². The number of rotatable bonds is 12. The van der Waals surface area contributed by atoms with Crippen LogP contribution in [0.4, 0.5) is 0 Å². The van der Waals surface area contributed by atoms with Crippen molar-refractivity contribution in [3.05, 3.63) is 70.7 Å². The van der Waals surface area contributed by atoms with Gasteiger partial charge in [0, 0.05) is 36.0 Å². The first-order valence-corrected chi connectivity index (χ1v) is 12.4. The molecule has 1 atom stereocenters. The van der Waals surface area contributed by atoms with Gasteiger partial charge >= 0.3 is 0 Å². The maximum atomic E-state index is 13.2. The molecule has 0 saturated carbocycles. The summed E-state index contributed by atoms with van der Waals surface area (Å²) in [4.78, 5) is 27.8. The monoisotopic (exact) mass is 460 g/mol. The number of benzene rings is 2. The molecule has 6 heteroatoms. The van der Waals surface area contributed by atoms with E-state index in [1.807, 2.05) is 49.4 Å². The number of hydrogen-bond acceptors (Lipinski definition) is 3. The second-order valence-corrected chi connectivity index (χ2v) is 9.48. The lowest BCUT2D eigenvalue weighted by molar-refractivity contribution is -0.141. The topological polar surface area (TPSA) is 49.4 Å². The molecule has 0 spiro atoms. The molecule has 168 valence electrons. The van der Waals surface area contributed by atoms with Crippen molar-refractivity contribution in [3.63, 3.8) is 0 Å². The number of amides is 2. The van der Waals surface area contributed by atoms with Gasteiger partial charge in [0.05, 0.1) is 0 Å². The molecule has 0 fully saturated rings. The summed E-state index contributed by atoms with van der Waals surface area (Å²) in [6.45, 7) is 6.97. The van der Waals surface area contributed by atoms with E-state index in [0.717, 1.165) is 11.3 Å². The second-order valence-electron chi connectivity index (χ2n) is 7.96. The predicted octanol–water partition coefficient (Wildman–Crippen LogP) is 5.54. The minimum atomic E-state index is -0.512. The van der Waals surface area contributed by atoms with Gasteiger partial charge in [-0.15, -0.1) is 0 Å². The van der Waals surface area contributed by atoms with E-state index in [9.17, 15) is 9.59 Å². The first-order chi connectivity index (χ1) is 14.9. The lowest BCUT2D eigenvalue weighted by atomic mass is 10.1. The molecule has 2 aromatic carbocycles. The lowest BCUT2D eigenvalue weighted by Crippen LogP contribution is -2.49. The molecule has 0 radical (unpaired) electrons. The van der Waals surface area contributed by atoms with E-state index in [1.165, 1.54) is 5.56 Å². The fourth-order valence-corrected chi connectivity index (χ4v) is 4.31. The van der Waals surface area contributed by atoms with Gasteiger partial charge in [0.1, 0.15) is 6.04 Å². The summed E-state index contributed by atoms with van der Waals surface area (Å²) in [5.41, 5.74) is 2.09. The van der Waals surface area contributed by atoms with Crippen molar-refractivity contribution in [1.82, 2.24) is 10.2 Å². The molecule has 2 rings (SSSR count). The summed E-state index contributed by atoms with van der Waals surface area (Å²) in [5, 5.41) is 3.59. The zero-order valence-corrected chi connectivity index (χ0v) is 20.2. The van der Waals surface area contributed by atoms with Gasteiger partial charge < -0.3 is 10.2 Å². The predicted molar refractivity (Wildman–Crippen MR) is 131 cm³/mol. The molecular formula is C25H33ClN2O2S. The average Bonchev–Trinajstić information content (AvgIpc) is 2.77. The highest BCUT2D eigenvalue weighted by Crippen LogP contribution is 2.21. The van der Waals surface area contributed by atoms with Gasteiger partial charge in [-0.05, 0) is 29.5 Å². The van der Waals surface area contributed by atoms with Gasteiger partial charge in [-0.1, -0.05) is 80.9 Å². The molecule has 4 nitrogen and oxygen atoms in total. The molecule has 0 aliphatic carbocycles. The molecule has 0 unspecified atom stereocenters. The Morgan fingerprint density at radius 2 is 1.74 bits per heavy atom. The lowest BCUT2D eigenvalue weighted by Gasteiger charge is -2.31. The van der Waals surface area contributed by atoms with Crippen molar-refractivity contribution in [2.75, 3.05) is 12.3 Å². The first kappa shape index (κ1) is 25.3. The number of nitrogens with zero attached hydrogens (tertiary/aromatic N) is 1. The molecule has 2 aromatic rings. The Hall–Kier alpha value is -1.98. The van der Waals surface area contributed by atoms with Crippen LogP contribution >= 0.6 is 23.4 Å². The molecule has 0 aromatic heterocycles. The molecule has 0 bridgehead atoms. The van der Waals surface area contributed by atoms with Crippen molar-refractivity contribution < 1.29 is 9.59 Å². The van der Waals surface area contributed by atoms with E-state index in [4.69, 9.17) is 11.6 Å². The number of hydrogen-bond donors (Lipinski definition) is 1. The van der Waals surface area contributed by atoms with Crippen molar-refractivity contribution in [2.45, 2.75) is 52.0 Å². The Morgan fingerprint density at radius 3 is 2.39 bits per heavy atom. The second kappa shape index (κ2) is 13.4. The standard InChI is InChI=1S/C25H33ClN2O2S/c1-4-23(25(30)27-16-19(2)3)28(17-21-12-8-9-13-22(21)26)24(29)14-15-31-18-20-10-6-5-7-11-20/h5-13,19,23H,4,14-18H2,1-3H3,(H,27,30)/t23-/m1/s1. The van der Waals surface area contributed by atoms with E-state index in [-0.39, 0.29) is 11.8 Å². The molecule has 0 aliphatic rings. The van der Waals surface area contributed by atoms with Crippen LogP contribution in [-0.2, 0) is 21.9 Å². The van der Waals surface area contributed by atoms with E-state index < -0.39 is 6.04 Å². The quantitative estimate of drug-likeness (QED) is 0.423. The third kappa shape index (κ3) is 8.58. The largest absolute Gasteiger partial charge is 0.354 e. The van der Waals surface area contributed by atoms with Gasteiger partial charge in [-0.2, -0.15) is 11.8 Å². The molecule has 2 amide bonds. The Kier molecular flexibility index (Phi) is 11.0. The average molecular weight is 461 g/mol. The zero-order chi connectivity index (χ0) is 22.6. The number of carbonyl (C=O) groups is 2. The van der Waals surface area contributed by atoms with Crippen LogP contribution in [-0.4, -0.2) is 35.1 Å². The maximum Gasteiger partial charge on any atom is 0.242 e. The van der Waals surface area contributed by atoms with Crippen LogP contribution in [0.2, 0.25) is 5.02 Å². The van der Waals surface area contributed by atoms with Gasteiger partial charge in [-0.25, -0.2) is 0 Å². The number of nitrogens with one attached hydrogen (secondary N) is 1. The fourth-order valence-electron chi connectivity index (χ4n) is 3.22. The number of thioether (sulfide) groups is 1. The molecule has 0 saturated heterocycles. The first-order valence-electron chi connectivity index (χ1n) is 10.8. The normalized spacial score (nSPS) is 11.9. The van der Waals surface area contributed by atoms with Crippen LogP contribution in [0.3, 0.4) is 0 Å². The van der Waals surface area contributed by atoms with Gasteiger partial charge in [0.25, 0.3) is 0 Å². The highest BCUT2D eigenvalue weighted by molar-refractivity contribution is 7.98. The SMILES string of the molecule is CC[C@H](C(=O)NCC(C)C)N(Cc1ccccc1Cl)C(=O)CCSCc1ccccc1. The van der Waals surface area contributed by atoms with Gasteiger partial charge in [0.15, 0.2) is 0 Å². The minimum absolute atomic E-state index is 0.0213. The van der Waals surface area contributed by atoms with Crippen LogP contribution in [0, 0.1) is 5.92 Å². The van der Waals surface area contributed by atoms with Crippen molar-refractivity contribution in [3.8, 4) is 0 Å². The fraction of sp³-hybridized carbons (Fsp3) is 0.440. The third-order valence-electron chi connectivity index (χ3n) is 4.94. The zero-order valence-electron chi connectivity index (χ0n) is 18.6. The van der Waals surface area contributed by atoms with Crippen LogP contribution in [0.5, 0.6) is 0 Å². The maximum absolute atomic E-state index is 13.2. The Bertz CT molecular complexity index is 829. The molecule has 31 heavy (non-hydrogen) atoms. The smallest absolute Gasteiger partial charge is 0.242 e. The van der Waals surface area contributed by atoms with Gasteiger partial charge in [-0.3, -0.25) is 9.59 Å². The van der Waals surface area contributed by atoms with Crippen LogP contribution in [0.25, 0.3) is 0 Å². The summed E-state index contributed by atoms with van der Waals surface area (Å²) < 4.78 is 0. The molecule has 1 N–H and O–H groups in total. The highest BCUT2D eigenvalue weighted by Gasteiger charge is 2.28. The summed E-state index contributed by atoms with van der Waals surface area (Å²) >= 11 is 8.08. The number of carbonyl (C=O) groups excluding carboxylic acids is 2. The van der Waals surface area contributed by atoms with E-state index in [2.05, 4.69) is 31.3 Å². The molecular weight excluding hydrogens is 428 g/mol. The minimum Gasteiger partial charge on any atom is -0.354 e. The van der Waals surface area contributed by atoms with Crippen molar-refractivity contribution >= 4 is 35.2 Å². The number of halogens is 1. The summed E-state index contributed by atoms with van der Waals surface area (Å²) in [6, 6.07) is 17.2. The Morgan fingerprint density at radius 1 is 1.06 bits per heavy atom. The van der Waals surface area contributed by atoms with Crippen molar-refractivity contribution in [2.24, 2.45) is 5.92 Å². The highest BCUT2D eigenvalue weighted by atomic mass is 35.5. The van der Waals surface area contributed by atoms with Crippen LogP contribution in [0.15, 0.2) is 54.6 Å². The van der Waals surface area contributed by atoms with E-state index >= 15 is 0 Å². The van der Waals surface area contributed by atoms with Crippen LogP contribution in [0.1, 0.15) is 44.7 Å². The van der Waals surface area contributed by atoms with Crippen LogP contribution < -0.4 is 5.32 Å². The van der Waals surface area contributed by atoms with E-state index in [0.29, 0.717) is 42.6 Å². The molecule has 0 heterocycles. The summed E-state index contributed by atoms with van der Waals surface area (Å²) in [5.74, 6) is 1.80. The van der Waals surface area contributed by atoms with Crippen molar-refractivity contribution in [1.29, 1.82) is 0 Å². The summed E-state index contributed by atoms with van der Waals surface area (Å²) in [7, 11) is 0.